The van der Waals surface area contributed by atoms with Crippen LogP contribution in [0.2, 0.25) is 0 Å². The lowest BCUT2D eigenvalue weighted by atomic mass is 10.0. The molecule has 1 N–H and O–H groups in total. The highest BCUT2D eigenvalue weighted by Crippen LogP contribution is 2.37. The van der Waals surface area contributed by atoms with Crippen LogP contribution in [0.15, 0.2) is 10.9 Å². The Balaban J connectivity index is 1.71. The average molecular weight is 263 g/mol. The molecule has 1 aromatic heterocycles. The zero-order valence-corrected chi connectivity index (χ0v) is 11.4. The SMILES string of the molecule is CN(CC1CCCOC1)c1cc(=O)[nH]c(C2CC2)n1. The second kappa shape index (κ2) is 5.33. The minimum atomic E-state index is -0.0429. The van der Waals surface area contributed by atoms with Gasteiger partial charge in [-0.05, 0) is 31.6 Å². The molecule has 5 nitrogen and oxygen atoms in total. The van der Waals surface area contributed by atoms with Gasteiger partial charge in [-0.25, -0.2) is 4.98 Å². The molecule has 19 heavy (non-hydrogen) atoms. The molecule has 0 aromatic carbocycles. The molecule has 0 spiro atoms. The van der Waals surface area contributed by atoms with E-state index >= 15 is 0 Å². The summed E-state index contributed by atoms with van der Waals surface area (Å²) in [4.78, 5) is 21.2. The number of aromatic nitrogens is 2. The number of hydrogen-bond acceptors (Lipinski definition) is 4. The molecule has 1 aliphatic heterocycles. The first-order valence-corrected chi connectivity index (χ1v) is 7.12. The van der Waals surface area contributed by atoms with E-state index in [1.54, 1.807) is 6.07 Å². The van der Waals surface area contributed by atoms with E-state index in [1.807, 2.05) is 7.05 Å². The molecule has 3 rings (SSSR count). The van der Waals surface area contributed by atoms with Crippen molar-refractivity contribution >= 4 is 5.82 Å². The third-order valence-electron chi connectivity index (χ3n) is 3.89. The van der Waals surface area contributed by atoms with Crippen molar-refractivity contribution in [3.63, 3.8) is 0 Å². The van der Waals surface area contributed by atoms with Crippen LogP contribution in [0.5, 0.6) is 0 Å². The number of nitrogens with one attached hydrogen (secondary N) is 1. The molecule has 0 bridgehead atoms. The lowest BCUT2D eigenvalue weighted by Crippen LogP contribution is -2.32. The van der Waals surface area contributed by atoms with Crippen molar-refractivity contribution in [2.75, 3.05) is 31.7 Å². The second-order valence-corrected chi connectivity index (χ2v) is 5.73. The van der Waals surface area contributed by atoms with Gasteiger partial charge < -0.3 is 14.6 Å². The predicted molar refractivity (Wildman–Crippen MR) is 73.6 cm³/mol. The smallest absolute Gasteiger partial charge is 0.252 e. The predicted octanol–water partition coefficient (Wildman–Crippen LogP) is 1.51. The van der Waals surface area contributed by atoms with Crippen molar-refractivity contribution in [1.29, 1.82) is 0 Å². The van der Waals surface area contributed by atoms with E-state index in [-0.39, 0.29) is 5.56 Å². The fourth-order valence-corrected chi connectivity index (χ4v) is 2.64. The first-order valence-electron chi connectivity index (χ1n) is 7.12. The Morgan fingerprint density at radius 3 is 3.00 bits per heavy atom. The highest BCUT2D eigenvalue weighted by molar-refractivity contribution is 5.37. The van der Waals surface area contributed by atoms with Crippen molar-refractivity contribution in [3.8, 4) is 0 Å². The molecule has 0 radical (unpaired) electrons. The van der Waals surface area contributed by atoms with Crippen LogP contribution < -0.4 is 10.5 Å². The summed E-state index contributed by atoms with van der Waals surface area (Å²) in [5, 5.41) is 0. The summed E-state index contributed by atoms with van der Waals surface area (Å²) < 4.78 is 5.50. The van der Waals surface area contributed by atoms with E-state index in [0.29, 0.717) is 11.8 Å². The Kier molecular flexibility index (Phi) is 3.55. The Hall–Kier alpha value is -1.36. The monoisotopic (exact) mass is 263 g/mol. The summed E-state index contributed by atoms with van der Waals surface area (Å²) >= 11 is 0. The van der Waals surface area contributed by atoms with Gasteiger partial charge in [0.15, 0.2) is 0 Å². The Bertz CT molecular complexity index is 490. The molecule has 1 unspecified atom stereocenters. The minimum absolute atomic E-state index is 0.0429. The van der Waals surface area contributed by atoms with Crippen LogP contribution in [-0.4, -0.2) is 36.8 Å². The zero-order chi connectivity index (χ0) is 13.2. The molecule has 2 heterocycles. The molecule has 5 heteroatoms. The molecule has 104 valence electrons. The maximum absolute atomic E-state index is 11.7. The first-order chi connectivity index (χ1) is 9.22. The van der Waals surface area contributed by atoms with Gasteiger partial charge in [0.25, 0.3) is 5.56 Å². The molecule has 1 aromatic rings. The van der Waals surface area contributed by atoms with Crippen LogP contribution >= 0.6 is 0 Å². The molecule has 2 aliphatic rings. The van der Waals surface area contributed by atoms with Gasteiger partial charge in [-0.15, -0.1) is 0 Å². The number of anilines is 1. The van der Waals surface area contributed by atoms with Crippen LogP contribution in [-0.2, 0) is 4.74 Å². The molecule has 1 atom stereocenters. The number of ether oxygens (including phenoxy) is 1. The van der Waals surface area contributed by atoms with Gasteiger partial charge >= 0.3 is 0 Å². The topological polar surface area (TPSA) is 58.2 Å². The van der Waals surface area contributed by atoms with Crippen LogP contribution in [0.25, 0.3) is 0 Å². The van der Waals surface area contributed by atoms with Crippen molar-refractivity contribution in [2.24, 2.45) is 5.92 Å². The lowest BCUT2D eigenvalue weighted by molar-refractivity contribution is 0.0576. The molecular weight excluding hydrogens is 242 g/mol. The summed E-state index contributed by atoms with van der Waals surface area (Å²) in [6.45, 7) is 2.61. The van der Waals surface area contributed by atoms with E-state index in [0.717, 1.165) is 50.7 Å². The molecular formula is C14H21N3O2. The van der Waals surface area contributed by atoms with E-state index in [1.165, 1.54) is 6.42 Å². The third kappa shape index (κ3) is 3.15. The highest BCUT2D eigenvalue weighted by Gasteiger charge is 2.27. The third-order valence-corrected chi connectivity index (χ3v) is 3.89. The number of aromatic amines is 1. The summed E-state index contributed by atoms with van der Waals surface area (Å²) in [5.74, 6) is 2.66. The molecule has 1 saturated heterocycles. The summed E-state index contributed by atoms with van der Waals surface area (Å²) in [5.41, 5.74) is -0.0429. The highest BCUT2D eigenvalue weighted by atomic mass is 16.5. The van der Waals surface area contributed by atoms with Gasteiger partial charge in [0, 0.05) is 32.2 Å². The first kappa shape index (κ1) is 12.7. The molecule has 1 saturated carbocycles. The van der Waals surface area contributed by atoms with E-state index < -0.39 is 0 Å². The van der Waals surface area contributed by atoms with Gasteiger partial charge in [-0.1, -0.05) is 0 Å². The van der Waals surface area contributed by atoms with Crippen molar-refractivity contribution in [3.05, 3.63) is 22.2 Å². The van der Waals surface area contributed by atoms with Gasteiger partial charge in [-0.2, -0.15) is 0 Å². The number of H-pyrrole nitrogens is 1. The maximum atomic E-state index is 11.7. The quantitative estimate of drug-likeness (QED) is 0.894. The van der Waals surface area contributed by atoms with Crippen molar-refractivity contribution < 1.29 is 4.74 Å². The molecule has 1 aliphatic carbocycles. The fourth-order valence-electron chi connectivity index (χ4n) is 2.64. The number of hydrogen-bond donors (Lipinski definition) is 1. The Morgan fingerprint density at radius 1 is 1.47 bits per heavy atom. The fraction of sp³-hybridized carbons (Fsp3) is 0.714. The van der Waals surface area contributed by atoms with Crippen LogP contribution in [0.3, 0.4) is 0 Å². The number of nitrogens with zero attached hydrogens (tertiary/aromatic N) is 2. The van der Waals surface area contributed by atoms with Crippen LogP contribution in [0, 0.1) is 5.92 Å². The lowest BCUT2D eigenvalue weighted by Gasteiger charge is -2.27. The van der Waals surface area contributed by atoms with E-state index in [9.17, 15) is 4.79 Å². The van der Waals surface area contributed by atoms with Crippen LogP contribution in [0.1, 0.15) is 37.4 Å². The normalized spacial score (nSPS) is 23.3. The van der Waals surface area contributed by atoms with Gasteiger partial charge in [0.1, 0.15) is 11.6 Å². The van der Waals surface area contributed by atoms with Crippen molar-refractivity contribution in [1.82, 2.24) is 9.97 Å². The number of rotatable bonds is 4. The summed E-state index contributed by atoms with van der Waals surface area (Å²) in [6, 6.07) is 1.59. The van der Waals surface area contributed by atoms with Gasteiger partial charge in [0.2, 0.25) is 0 Å². The largest absolute Gasteiger partial charge is 0.381 e. The second-order valence-electron chi connectivity index (χ2n) is 5.73. The average Bonchev–Trinajstić information content (AvgIpc) is 3.23. The van der Waals surface area contributed by atoms with E-state index in [4.69, 9.17) is 4.74 Å². The van der Waals surface area contributed by atoms with Gasteiger partial charge in [-0.3, -0.25) is 4.79 Å². The summed E-state index contributed by atoms with van der Waals surface area (Å²) in [6.07, 6.45) is 4.62. The Labute approximate surface area is 113 Å². The van der Waals surface area contributed by atoms with Gasteiger partial charge in [0.05, 0.1) is 6.61 Å². The summed E-state index contributed by atoms with van der Waals surface area (Å²) in [7, 11) is 2.01. The van der Waals surface area contributed by atoms with E-state index in [2.05, 4.69) is 14.9 Å². The Morgan fingerprint density at radius 2 is 2.32 bits per heavy atom. The van der Waals surface area contributed by atoms with Crippen LogP contribution in [0.4, 0.5) is 5.82 Å². The maximum Gasteiger partial charge on any atom is 0.252 e. The molecule has 0 amide bonds. The zero-order valence-electron chi connectivity index (χ0n) is 11.4. The minimum Gasteiger partial charge on any atom is -0.381 e. The standard InChI is InChI=1S/C14H21N3O2/c1-17(8-10-3-2-6-19-9-10)12-7-13(18)16-14(15-12)11-4-5-11/h7,10-11H,2-6,8-9H2,1H3,(H,15,16,18). The molecule has 2 fully saturated rings. The van der Waals surface area contributed by atoms with Crippen molar-refractivity contribution in [2.45, 2.75) is 31.6 Å².